The average molecular weight is 297 g/mol. The summed E-state index contributed by atoms with van der Waals surface area (Å²) in [5.41, 5.74) is 2.40. The standard InChI is InChI=1S/C18H17ClN2/c1-13(11-14-5-7-16(19)8-6-14)21-18-4-2-3-15-9-10-20-12-17(15)18/h2-10,12-13,21H,11H2,1H3. The Morgan fingerprint density at radius 3 is 2.71 bits per heavy atom. The van der Waals surface area contributed by atoms with Gasteiger partial charge in [0.25, 0.3) is 0 Å². The van der Waals surface area contributed by atoms with Gasteiger partial charge in [0.05, 0.1) is 0 Å². The summed E-state index contributed by atoms with van der Waals surface area (Å²) in [7, 11) is 0. The van der Waals surface area contributed by atoms with Crippen molar-refractivity contribution in [2.45, 2.75) is 19.4 Å². The number of hydrogen-bond acceptors (Lipinski definition) is 2. The van der Waals surface area contributed by atoms with Gasteiger partial charge in [0.15, 0.2) is 0 Å². The van der Waals surface area contributed by atoms with Gasteiger partial charge in [0, 0.05) is 34.5 Å². The van der Waals surface area contributed by atoms with Crippen LogP contribution in [-0.2, 0) is 6.42 Å². The topological polar surface area (TPSA) is 24.9 Å². The fourth-order valence-electron chi connectivity index (χ4n) is 2.53. The van der Waals surface area contributed by atoms with Gasteiger partial charge in [-0.05, 0) is 48.6 Å². The number of benzene rings is 2. The molecule has 0 aliphatic rings. The maximum Gasteiger partial charge on any atom is 0.0437 e. The van der Waals surface area contributed by atoms with E-state index in [1.165, 1.54) is 10.9 Å². The van der Waals surface area contributed by atoms with Crippen molar-refractivity contribution in [2.24, 2.45) is 0 Å². The molecule has 106 valence electrons. The number of pyridine rings is 1. The SMILES string of the molecule is CC(Cc1ccc(Cl)cc1)Nc1cccc2ccncc12. The Kier molecular flexibility index (Phi) is 4.07. The maximum absolute atomic E-state index is 5.92. The molecule has 21 heavy (non-hydrogen) atoms. The number of anilines is 1. The van der Waals surface area contributed by atoms with E-state index >= 15 is 0 Å². The van der Waals surface area contributed by atoms with Gasteiger partial charge in [-0.1, -0.05) is 35.9 Å². The number of nitrogens with zero attached hydrogens (tertiary/aromatic N) is 1. The minimum Gasteiger partial charge on any atom is -0.382 e. The summed E-state index contributed by atoms with van der Waals surface area (Å²) in [5, 5.41) is 6.71. The summed E-state index contributed by atoms with van der Waals surface area (Å²) in [4.78, 5) is 4.22. The van der Waals surface area contributed by atoms with E-state index in [9.17, 15) is 0 Å². The number of rotatable bonds is 4. The lowest BCUT2D eigenvalue weighted by Crippen LogP contribution is -2.18. The molecule has 0 aliphatic heterocycles. The van der Waals surface area contributed by atoms with Gasteiger partial charge in [-0.3, -0.25) is 4.98 Å². The van der Waals surface area contributed by atoms with Crippen LogP contribution in [0.2, 0.25) is 5.02 Å². The molecule has 0 saturated heterocycles. The van der Waals surface area contributed by atoms with Crippen LogP contribution in [0.1, 0.15) is 12.5 Å². The highest BCUT2D eigenvalue weighted by atomic mass is 35.5. The van der Waals surface area contributed by atoms with Crippen molar-refractivity contribution < 1.29 is 0 Å². The lowest BCUT2D eigenvalue weighted by atomic mass is 10.1. The average Bonchev–Trinajstić information content (AvgIpc) is 2.50. The molecule has 3 rings (SSSR count). The highest BCUT2D eigenvalue weighted by Crippen LogP contribution is 2.23. The van der Waals surface area contributed by atoms with Crippen LogP contribution in [0.4, 0.5) is 5.69 Å². The first-order valence-corrected chi connectivity index (χ1v) is 7.44. The Labute approximate surface area is 129 Å². The monoisotopic (exact) mass is 296 g/mol. The summed E-state index contributed by atoms with van der Waals surface area (Å²) in [6, 6.07) is 16.7. The molecular weight excluding hydrogens is 280 g/mol. The first-order chi connectivity index (χ1) is 10.2. The predicted octanol–water partition coefficient (Wildman–Crippen LogP) is 4.93. The van der Waals surface area contributed by atoms with Crippen LogP contribution in [0.25, 0.3) is 10.8 Å². The Bertz CT molecular complexity index is 732. The Morgan fingerprint density at radius 2 is 1.90 bits per heavy atom. The van der Waals surface area contributed by atoms with Crippen molar-refractivity contribution >= 4 is 28.1 Å². The number of hydrogen-bond donors (Lipinski definition) is 1. The Morgan fingerprint density at radius 1 is 1.10 bits per heavy atom. The van der Waals surface area contributed by atoms with Gasteiger partial charge < -0.3 is 5.32 Å². The zero-order valence-corrected chi connectivity index (χ0v) is 12.6. The second kappa shape index (κ2) is 6.15. The molecule has 0 fully saturated rings. The molecular formula is C18H17ClN2. The summed E-state index contributed by atoms with van der Waals surface area (Å²) < 4.78 is 0. The molecule has 1 N–H and O–H groups in total. The highest BCUT2D eigenvalue weighted by molar-refractivity contribution is 6.30. The van der Waals surface area contributed by atoms with Crippen molar-refractivity contribution in [3.05, 3.63) is 71.5 Å². The second-order valence-corrected chi connectivity index (χ2v) is 5.71. The van der Waals surface area contributed by atoms with Gasteiger partial charge in [0.1, 0.15) is 0 Å². The van der Waals surface area contributed by atoms with E-state index in [4.69, 9.17) is 11.6 Å². The molecule has 0 radical (unpaired) electrons. The first kappa shape index (κ1) is 13.9. The molecule has 2 aromatic carbocycles. The summed E-state index contributed by atoms with van der Waals surface area (Å²) >= 11 is 5.92. The Balaban J connectivity index is 1.77. The van der Waals surface area contributed by atoms with Crippen LogP contribution in [0.15, 0.2) is 60.9 Å². The smallest absolute Gasteiger partial charge is 0.0437 e. The molecule has 2 nitrogen and oxygen atoms in total. The zero-order chi connectivity index (χ0) is 14.7. The van der Waals surface area contributed by atoms with Crippen molar-refractivity contribution in [1.29, 1.82) is 0 Å². The van der Waals surface area contributed by atoms with Gasteiger partial charge in [-0.2, -0.15) is 0 Å². The molecule has 1 heterocycles. The van der Waals surface area contributed by atoms with Crippen molar-refractivity contribution in [3.8, 4) is 0 Å². The van der Waals surface area contributed by atoms with Crippen LogP contribution >= 0.6 is 11.6 Å². The molecule has 1 aromatic heterocycles. The lowest BCUT2D eigenvalue weighted by Gasteiger charge is -2.17. The van der Waals surface area contributed by atoms with Crippen molar-refractivity contribution in [2.75, 3.05) is 5.32 Å². The largest absolute Gasteiger partial charge is 0.382 e. The van der Waals surface area contributed by atoms with E-state index in [2.05, 4.69) is 47.6 Å². The number of fused-ring (bicyclic) bond motifs is 1. The van der Waals surface area contributed by atoms with Crippen LogP contribution in [-0.4, -0.2) is 11.0 Å². The van der Waals surface area contributed by atoms with E-state index in [1.807, 2.05) is 30.6 Å². The lowest BCUT2D eigenvalue weighted by molar-refractivity contribution is 0.791. The van der Waals surface area contributed by atoms with E-state index in [-0.39, 0.29) is 0 Å². The molecule has 0 bridgehead atoms. The quantitative estimate of drug-likeness (QED) is 0.738. The number of halogens is 1. The number of nitrogens with one attached hydrogen (secondary N) is 1. The van der Waals surface area contributed by atoms with Gasteiger partial charge >= 0.3 is 0 Å². The van der Waals surface area contributed by atoms with Gasteiger partial charge in [-0.15, -0.1) is 0 Å². The molecule has 0 saturated carbocycles. The summed E-state index contributed by atoms with van der Waals surface area (Å²) in [6.07, 6.45) is 4.68. The van der Waals surface area contributed by atoms with E-state index in [0.717, 1.165) is 22.5 Å². The minimum atomic E-state index is 0.331. The fraction of sp³-hybridized carbons (Fsp3) is 0.167. The molecule has 0 amide bonds. The van der Waals surface area contributed by atoms with Crippen molar-refractivity contribution in [3.63, 3.8) is 0 Å². The third-order valence-corrected chi connectivity index (χ3v) is 3.79. The van der Waals surface area contributed by atoms with Gasteiger partial charge in [-0.25, -0.2) is 0 Å². The molecule has 0 aliphatic carbocycles. The molecule has 1 unspecified atom stereocenters. The van der Waals surface area contributed by atoms with E-state index < -0.39 is 0 Å². The normalized spacial score (nSPS) is 12.3. The van der Waals surface area contributed by atoms with E-state index in [0.29, 0.717) is 6.04 Å². The first-order valence-electron chi connectivity index (χ1n) is 7.06. The van der Waals surface area contributed by atoms with Crippen LogP contribution in [0.3, 0.4) is 0 Å². The number of aromatic nitrogens is 1. The summed E-state index contributed by atoms with van der Waals surface area (Å²) in [5.74, 6) is 0. The molecule has 1 atom stereocenters. The maximum atomic E-state index is 5.92. The van der Waals surface area contributed by atoms with Gasteiger partial charge in [0.2, 0.25) is 0 Å². The molecule has 3 heteroatoms. The predicted molar refractivity (Wildman–Crippen MR) is 90.0 cm³/mol. The molecule has 0 spiro atoms. The zero-order valence-electron chi connectivity index (χ0n) is 11.9. The minimum absolute atomic E-state index is 0.331. The van der Waals surface area contributed by atoms with Crippen LogP contribution in [0, 0.1) is 0 Å². The second-order valence-electron chi connectivity index (χ2n) is 5.28. The summed E-state index contributed by atoms with van der Waals surface area (Å²) in [6.45, 7) is 2.18. The fourth-order valence-corrected chi connectivity index (χ4v) is 2.66. The Hall–Kier alpha value is -2.06. The third-order valence-electron chi connectivity index (χ3n) is 3.54. The van der Waals surface area contributed by atoms with Crippen molar-refractivity contribution in [1.82, 2.24) is 4.98 Å². The molecule has 3 aromatic rings. The third kappa shape index (κ3) is 3.34. The van der Waals surface area contributed by atoms with Crippen LogP contribution in [0.5, 0.6) is 0 Å². The van der Waals surface area contributed by atoms with Crippen LogP contribution < -0.4 is 5.32 Å². The highest BCUT2D eigenvalue weighted by Gasteiger charge is 2.06. The van der Waals surface area contributed by atoms with E-state index in [1.54, 1.807) is 0 Å².